The van der Waals surface area contributed by atoms with Crippen molar-refractivity contribution in [3.63, 3.8) is 0 Å². The molecule has 0 aromatic carbocycles. The Balaban J connectivity index is 0.00000200. The van der Waals surface area contributed by atoms with Gasteiger partial charge < -0.3 is 5.32 Å². The lowest BCUT2D eigenvalue weighted by atomic mass is 10.1. The van der Waals surface area contributed by atoms with Crippen LogP contribution in [0.4, 0.5) is 18.9 Å². The molecule has 1 aromatic heterocycles. The van der Waals surface area contributed by atoms with Crippen molar-refractivity contribution in [3.05, 3.63) is 12.4 Å². The molecule has 0 saturated carbocycles. The zero-order valence-electron chi connectivity index (χ0n) is 10.9. The number of carbonyl (C=O) groups excluding carboxylic acids is 1. The van der Waals surface area contributed by atoms with Gasteiger partial charge in [-0.05, 0) is 19.4 Å². The van der Waals surface area contributed by atoms with Crippen LogP contribution in [-0.2, 0) is 11.8 Å². The fourth-order valence-corrected chi connectivity index (χ4v) is 2.22. The van der Waals surface area contributed by atoms with Crippen LogP contribution in [0.15, 0.2) is 12.4 Å². The van der Waals surface area contributed by atoms with Crippen LogP contribution >= 0.6 is 12.4 Å². The number of hydrogen-bond donors (Lipinski definition) is 1. The van der Waals surface area contributed by atoms with Gasteiger partial charge in [0.1, 0.15) is 0 Å². The molecule has 2 heterocycles. The number of rotatable bonds is 2. The van der Waals surface area contributed by atoms with Crippen molar-refractivity contribution in [1.29, 1.82) is 0 Å². The van der Waals surface area contributed by atoms with Crippen LogP contribution in [0, 0.1) is 0 Å². The second-order valence-corrected chi connectivity index (χ2v) is 4.55. The molecular formula is C11H16ClF3N4O. The molecule has 1 saturated heterocycles. The maximum absolute atomic E-state index is 12.7. The smallest absolute Gasteiger partial charge is 0.315 e. The second-order valence-electron chi connectivity index (χ2n) is 4.55. The van der Waals surface area contributed by atoms with Gasteiger partial charge in [0.25, 0.3) is 0 Å². The number of piperidine rings is 1. The van der Waals surface area contributed by atoms with Gasteiger partial charge in [0.2, 0.25) is 0 Å². The highest BCUT2D eigenvalue weighted by Crippen LogP contribution is 2.27. The molecule has 0 radical (unpaired) electrons. The number of hydrogen-bond acceptors (Lipinski definition) is 3. The molecule has 20 heavy (non-hydrogen) atoms. The van der Waals surface area contributed by atoms with Gasteiger partial charge in [-0.2, -0.15) is 18.3 Å². The largest absolute Gasteiger partial charge is 0.471 e. The summed E-state index contributed by atoms with van der Waals surface area (Å²) in [5, 5.41) is 6.84. The maximum Gasteiger partial charge on any atom is 0.471 e. The van der Waals surface area contributed by atoms with E-state index in [2.05, 4.69) is 10.4 Å². The molecule has 1 fully saturated rings. The van der Waals surface area contributed by atoms with Crippen LogP contribution < -0.4 is 10.2 Å². The summed E-state index contributed by atoms with van der Waals surface area (Å²) in [4.78, 5) is 12.4. The Morgan fingerprint density at radius 3 is 2.70 bits per heavy atom. The first-order chi connectivity index (χ1) is 8.89. The molecule has 1 amide bonds. The molecule has 2 rings (SSSR count). The molecule has 1 aliphatic rings. The minimum atomic E-state index is -4.88. The Hall–Kier alpha value is -1.28. The van der Waals surface area contributed by atoms with Gasteiger partial charge in [-0.15, -0.1) is 12.4 Å². The minimum absolute atomic E-state index is 0. The van der Waals surface area contributed by atoms with Crippen molar-refractivity contribution >= 4 is 24.0 Å². The van der Waals surface area contributed by atoms with E-state index in [9.17, 15) is 18.0 Å². The molecule has 0 bridgehead atoms. The molecule has 5 nitrogen and oxygen atoms in total. The average Bonchev–Trinajstić information content (AvgIpc) is 2.76. The lowest BCUT2D eigenvalue weighted by molar-refractivity contribution is -0.171. The average molecular weight is 313 g/mol. The van der Waals surface area contributed by atoms with Gasteiger partial charge in [0.05, 0.1) is 11.9 Å². The highest BCUT2D eigenvalue weighted by molar-refractivity contribution is 5.97. The SMILES string of the molecule is Cl.Cn1cc(N(C(=O)C(F)(F)F)C2CCCNC2)cn1. The zero-order valence-corrected chi connectivity index (χ0v) is 11.7. The van der Waals surface area contributed by atoms with E-state index in [1.807, 2.05) is 0 Å². The normalized spacial score (nSPS) is 19.3. The number of amides is 1. The predicted molar refractivity (Wildman–Crippen MR) is 69.9 cm³/mol. The lowest BCUT2D eigenvalue weighted by Crippen LogP contribution is -2.53. The molecule has 1 aromatic rings. The Labute approximate surface area is 120 Å². The van der Waals surface area contributed by atoms with Crippen LogP contribution in [0.5, 0.6) is 0 Å². The van der Waals surface area contributed by atoms with Crippen LogP contribution in [0.3, 0.4) is 0 Å². The fraction of sp³-hybridized carbons (Fsp3) is 0.636. The molecule has 1 unspecified atom stereocenters. The van der Waals surface area contributed by atoms with E-state index in [1.165, 1.54) is 17.1 Å². The number of anilines is 1. The summed E-state index contributed by atoms with van der Waals surface area (Å²) in [6, 6.07) is -0.493. The number of aryl methyl sites for hydroxylation is 1. The molecule has 1 atom stereocenters. The summed E-state index contributed by atoms with van der Waals surface area (Å²) in [6.45, 7) is 1.12. The van der Waals surface area contributed by atoms with Crippen LogP contribution in [0.2, 0.25) is 0 Å². The Kier molecular flexibility index (Phi) is 5.41. The number of halogens is 4. The first-order valence-electron chi connectivity index (χ1n) is 5.99. The van der Waals surface area contributed by atoms with E-state index >= 15 is 0 Å². The van der Waals surface area contributed by atoms with Crippen molar-refractivity contribution in [2.45, 2.75) is 25.1 Å². The van der Waals surface area contributed by atoms with E-state index in [0.29, 0.717) is 13.0 Å². The van der Waals surface area contributed by atoms with Gasteiger partial charge in [-0.1, -0.05) is 0 Å². The van der Waals surface area contributed by atoms with Crippen LogP contribution in [0.25, 0.3) is 0 Å². The molecule has 1 N–H and O–H groups in total. The van der Waals surface area contributed by atoms with Crippen molar-refractivity contribution in [3.8, 4) is 0 Å². The van der Waals surface area contributed by atoms with E-state index in [4.69, 9.17) is 0 Å². The van der Waals surface area contributed by atoms with Gasteiger partial charge in [0.15, 0.2) is 0 Å². The summed E-state index contributed by atoms with van der Waals surface area (Å²) >= 11 is 0. The molecule has 0 aliphatic carbocycles. The van der Waals surface area contributed by atoms with E-state index < -0.39 is 18.1 Å². The highest BCUT2D eigenvalue weighted by Gasteiger charge is 2.45. The Morgan fingerprint density at radius 2 is 2.25 bits per heavy atom. The molecular weight excluding hydrogens is 297 g/mol. The highest BCUT2D eigenvalue weighted by atomic mass is 35.5. The number of carbonyl (C=O) groups is 1. The number of nitrogens with zero attached hydrogens (tertiary/aromatic N) is 3. The summed E-state index contributed by atoms with van der Waals surface area (Å²) in [5.41, 5.74) is 0.179. The molecule has 1 aliphatic heterocycles. The monoisotopic (exact) mass is 312 g/mol. The first-order valence-corrected chi connectivity index (χ1v) is 5.99. The minimum Gasteiger partial charge on any atom is -0.315 e. The third-order valence-corrected chi connectivity index (χ3v) is 3.07. The van der Waals surface area contributed by atoms with Crippen molar-refractivity contribution in [1.82, 2.24) is 15.1 Å². The summed E-state index contributed by atoms with van der Waals surface area (Å²) in [5.74, 6) is -1.84. The van der Waals surface area contributed by atoms with Crippen LogP contribution in [-0.4, -0.2) is 41.0 Å². The molecule has 0 spiro atoms. The van der Waals surface area contributed by atoms with Gasteiger partial charge >= 0.3 is 12.1 Å². The number of aromatic nitrogens is 2. The first kappa shape index (κ1) is 16.8. The van der Waals surface area contributed by atoms with Crippen LogP contribution in [0.1, 0.15) is 12.8 Å². The van der Waals surface area contributed by atoms with Gasteiger partial charge in [-0.3, -0.25) is 14.4 Å². The van der Waals surface area contributed by atoms with Gasteiger partial charge in [-0.25, -0.2) is 0 Å². The third kappa shape index (κ3) is 3.63. The summed E-state index contributed by atoms with van der Waals surface area (Å²) in [6.07, 6.45) is -0.903. The second kappa shape index (κ2) is 6.45. The fourth-order valence-electron chi connectivity index (χ4n) is 2.22. The molecule has 9 heteroatoms. The predicted octanol–water partition coefficient (Wildman–Crippen LogP) is 1.49. The summed E-state index contributed by atoms with van der Waals surface area (Å²) in [7, 11) is 1.60. The van der Waals surface area contributed by atoms with E-state index in [0.717, 1.165) is 17.9 Å². The number of alkyl halides is 3. The van der Waals surface area contributed by atoms with Crippen molar-refractivity contribution < 1.29 is 18.0 Å². The Morgan fingerprint density at radius 1 is 1.55 bits per heavy atom. The standard InChI is InChI=1S/C11H15F3N4O.ClH/c1-17-7-9(6-16-17)18(10(19)11(12,13)14)8-3-2-4-15-5-8;/h6-8,15H,2-5H2,1H3;1H. The maximum atomic E-state index is 12.7. The van der Waals surface area contributed by atoms with E-state index in [1.54, 1.807) is 7.05 Å². The zero-order chi connectivity index (χ0) is 14.0. The lowest BCUT2D eigenvalue weighted by Gasteiger charge is -2.34. The van der Waals surface area contributed by atoms with Crippen molar-refractivity contribution in [2.24, 2.45) is 7.05 Å². The molecule has 114 valence electrons. The third-order valence-electron chi connectivity index (χ3n) is 3.07. The Bertz CT molecular complexity index is 457. The summed E-state index contributed by atoms with van der Waals surface area (Å²) < 4.78 is 39.5. The van der Waals surface area contributed by atoms with Gasteiger partial charge in [0, 0.05) is 25.8 Å². The van der Waals surface area contributed by atoms with E-state index in [-0.39, 0.29) is 18.1 Å². The quantitative estimate of drug-likeness (QED) is 0.900. The number of nitrogens with one attached hydrogen (secondary N) is 1. The topological polar surface area (TPSA) is 50.2 Å². The van der Waals surface area contributed by atoms with Crippen molar-refractivity contribution in [2.75, 3.05) is 18.0 Å².